The van der Waals surface area contributed by atoms with Gasteiger partial charge in [-0.15, -0.1) is 0 Å². The Morgan fingerprint density at radius 3 is 2.61 bits per heavy atom. The number of carbonyl (C=O) groups is 1. The van der Waals surface area contributed by atoms with E-state index in [1.807, 2.05) is 24.3 Å². The van der Waals surface area contributed by atoms with Crippen molar-refractivity contribution in [3.8, 4) is 0 Å². The number of ether oxygens (including phenoxy) is 1. The summed E-state index contributed by atoms with van der Waals surface area (Å²) in [5, 5.41) is 11.4. The van der Waals surface area contributed by atoms with Gasteiger partial charge in [0.25, 0.3) is 0 Å². The summed E-state index contributed by atoms with van der Waals surface area (Å²) in [4.78, 5) is 11.4. The number of hydrogen-bond donors (Lipinski definition) is 2. The maximum atomic E-state index is 11.4. The predicted molar refractivity (Wildman–Crippen MR) is 71.0 cm³/mol. The van der Waals surface area contributed by atoms with Crippen LogP contribution in [0.1, 0.15) is 25.3 Å². The number of nitrogens with one attached hydrogen (secondary N) is 1. The smallest absolute Gasteiger partial charge is 0.224 e. The zero-order valence-corrected chi connectivity index (χ0v) is 10.6. The minimum absolute atomic E-state index is 0.0323. The number of aliphatic hydroxyl groups excluding tert-OH is 1. The first-order valence-electron chi connectivity index (χ1n) is 5.90. The monoisotopic (exact) mass is 249 g/mol. The van der Waals surface area contributed by atoms with Crippen molar-refractivity contribution in [1.29, 1.82) is 0 Å². The molecular weight excluding hydrogens is 230 g/mol. The van der Waals surface area contributed by atoms with Crippen molar-refractivity contribution in [2.24, 2.45) is 0 Å². The average Bonchev–Trinajstić information content (AvgIpc) is 2.35. The summed E-state index contributed by atoms with van der Waals surface area (Å²) < 4.78 is 5.29. The molecule has 2 N–H and O–H groups in total. The molecule has 4 heteroatoms. The lowest BCUT2D eigenvalue weighted by atomic mass is 10.2. The molecule has 4 nitrogen and oxygen atoms in total. The number of hydrogen-bond acceptors (Lipinski definition) is 3. The van der Waals surface area contributed by atoms with Crippen LogP contribution in [-0.4, -0.2) is 17.6 Å². The lowest BCUT2D eigenvalue weighted by Gasteiger charge is -2.07. The lowest BCUT2D eigenvalue weighted by Crippen LogP contribution is -2.11. The first-order valence-corrected chi connectivity index (χ1v) is 5.90. The Labute approximate surface area is 107 Å². The van der Waals surface area contributed by atoms with E-state index in [9.17, 15) is 4.79 Å². The van der Waals surface area contributed by atoms with Crippen molar-refractivity contribution in [3.05, 3.63) is 42.2 Å². The molecule has 1 rings (SSSR count). The summed E-state index contributed by atoms with van der Waals surface area (Å²) in [6, 6.07) is 7.44. The summed E-state index contributed by atoms with van der Waals surface area (Å²) in [7, 11) is 0. The highest BCUT2D eigenvalue weighted by Crippen LogP contribution is 2.12. The van der Waals surface area contributed by atoms with Crippen LogP contribution in [-0.2, 0) is 16.1 Å². The highest BCUT2D eigenvalue weighted by atomic mass is 16.5. The van der Waals surface area contributed by atoms with E-state index in [1.165, 1.54) is 0 Å². The third kappa shape index (κ3) is 5.50. The van der Waals surface area contributed by atoms with Crippen molar-refractivity contribution in [3.63, 3.8) is 0 Å². The SMILES string of the molecule is C=C(C)OCc1ccc(NC(=O)CCCO)cc1. The van der Waals surface area contributed by atoms with E-state index < -0.39 is 0 Å². The van der Waals surface area contributed by atoms with Gasteiger partial charge < -0.3 is 15.2 Å². The predicted octanol–water partition coefficient (Wildman–Crippen LogP) is 2.45. The van der Waals surface area contributed by atoms with E-state index >= 15 is 0 Å². The summed E-state index contributed by atoms with van der Waals surface area (Å²) in [5.74, 6) is 0.589. The number of carbonyl (C=O) groups excluding carboxylic acids is 1. The van der Waals surface area contributed by atoms with Crippen LogP contribution in [0.3, 0.4) is 0 Å². The minimum Gasteiger partial charge on any atom is -0.494 e. The van der Waals surface area contributed by atoms with Gasteiger partial charge in [0.05, 0.1) is 5.76 Å². The van der Waals surface area contributed by atoms with Crippen LogP contribution in [0, 0.1) is 0 Å². The molecule has 0 aromatic heterocycles. The van der Waals surface area contributed by atoms with Crippen molar-refractivity contribution in [2.45, 2.75) is 26.4 Å². The maximum Gasteiger partial charge on any atom is 0.224 e. The molecule has 0 unspecified atom stereocenters. The zero-order chi connectivity index (χ0) is 13.4. The van der Waals surface area contributed by atoms with Crippen LogP contribution in [0.2, 0.25) is 0 Å². The third-order valence-corrected chi connectivity index (χ3v) is 2.28. The molecule has 1 aromatic carbocycles. The summed E-state index contributed by atoms with van der Waals surface area (Å²) in [6.07, 6.45) is 0.813. The molecule has 98 valence electrons. The van der Waals surface area contributed by atoms with Gasteiger partial charge >= 0.3 is 0 Å². The Bertz CT molecular complexity index is 398. The topological polar surface area (TPSA) is 58.6 Å². The van der Waals surface area contributed by atoms with Gasteiger partial charge in [0.2, 0.25) is 5.91 Å². The highest BCUT2D eigenvalue weighted by Gasteiger charge is 2.01. The lowest BCUT2D eigenvalue weighted by molar-refractivity contribution is -0.116. The fourth-order valence-electron chi connectivity index (χ4n) is 1.35. The molecule has 0 aliphatic carbocycles. The van der Waals surface area contributed by atoms with Crippen molar-refractivity contribution >= 4 is 11.6 Å². The molecular formula is C14H19NO3. The molecule has 0 atom stereocenters. The molecule has 0 fully saturated rings. The molecule has 0 aliphatic heterocycles. The van der Waals surface area contributed by atoms with Gasteiger partial charge in [0, 0.05) is 18.7 Å². The van der Waals surface area contributed by atoms with Gasteiger partial charge in [-0.2, -0.15) is 0 Å². The van der Waals surface area contributed by atoms with E-state index in [0.717, 1.165) is 11.3 Å². The maximum absolute atomic E-state index is 11.4. The number of anilines is 1. The second kappa shape index (κ2) is 7.50. The van der Waals surface area contributed by atoms with Crippen molar-refractivity contribution < 1.29 is 14.6 Å². The van der Waals surface area contributed by atoms with E-state index in [1.54, 1.807) is 6.92 Å². The Morgan fingerprint density at radius 2 is 2.06 bits per heavy atom. The summed E-state index contributed by atoms with van der Waals surface area (Å²) >= 11 is 0. The van der Waals surface area contributed by atoms with Gasteiger partial charge in [0.1, 0.15) is 6.61 Å². The molecule has 0 spiro atoms. The number of allylic oxidation sites excluding steroid dienone is 1. The normalized spacial score (nSPS) is 9.89. The molecule has 18 heavy (non-hydrogen) atoms. The molecule has 0 aliphatic rings. The van der Waals surface area contributed by atoms with Crippen LogP contribution < -0.4 is 5.32 Å². The fraction of sp³-hybridized carbons (Fsp3) is 0.357. The van der Waals surface area contributed by atoms with Crippen LogP contribution in [0.25, 0.3) is 0 Å². The standard InChI is InChI=1S/C14H19NO3/c1-11(2)18-10-12-5-7-13(8-6-12)15-14(17)4-3-9-16/h5-8,16H,1,3-4,9-10H2,2H3,(H,15,17). The van der Waals surface area contributed by atoms with E-state index in [4.69, 9.17) is 9.84 Å². The van der Waals surface area contributed by atoms with E-state index in [0.29, 0.717) is 25.2 Å². The summed E-state index contributed by atoms with van der Waals surface area (Å²) in [6.45, 7) is 5.97. The molecule has 0 bridgehead atoms. The molecule has 0 saturated carbocycles. The Morgan fingerprint density at radius 1 is 1.39 bits per heavy atom. The number of aliphatic hydroxyl groups is 1. The largest absolute Gasteiger partial charge is 0.494 e. The number of rotatable bonds is 7. The van der Waals surface area contributed by atoms with Crippen molar-refractivity contribution in [1.82, 2.24) is 0 Å². The zero-order valence-electron chi connectivity index (χ0n) is 10.6. The molecule has 0 heterocycles. The second-order valence-corrected chi connectivity index (χ2v) is 4.06. The minimum atomic E-state index is -0.0880. The van der Waals surface area contributed by atoms with Crippen LogP contribution in [0.5, 0.6) is 0 Å². The summed E-state index contributed by atoms with van der Waals surface area (Å²) in [5.41, 5.74) is 1.77. The quantitative estimate of drug-likeness (QED) is 0.730. The van der Waals surface area contributed by atoms with Gasteiger partial charge in [-0.05, 0) is 31.0 Å². The van der Waals surface area contributed by atoms with E-state index in [2.05, 4.69) is 11.9 Å². The van der Waals surface area contributed by atoms with Gasteiger partial charge in [-0.3, -0.25) is 4.79 Å². The Hall–Kier alpha value is -1.81. The number of benzene rings is 1. The van der Waals surface area contributed by atoms with Crippen molar-refractivity contribution in [2.75, 3.05) is 11.9 Å². The van der Waals surface area contributed by atoms with Crippen LogP contribution in [0.4, 0.5) is 5.69 Å². The van der Waals surface area contributed by atoms with E-state index in [-0.39, 0.29) is 12.5 Å². The van der Waals surface area contributed by atoms with Crippen LogP contribution >= 0.6 is 0 Å². The third-order valence-electron chi connectivity index (χ3n) is 2.28. The second-order valence-electron chi connectivity index (χ2n) is 4.06. The molecule has 0 radical (unpaired) electrons. The molecule has 0 saturated heterocycles. The number of amides is 1. The Kier molecular flexibility index (Phi) is 5.94. The van der Waals surface area contributed by atoms with Crippen LogP contribution in [0.15, 0.2) is 36.6 Å². The Balaban J connectivity index is 2.44. The van der Waals surface area contributed by atoms with Gasteiger partial charge in [-0.25, -0.2) is 0 Å². The van der Waals surface area contributed by atoms with Gasteiger partial charge in [0.15, 0.2) is 0 Å². The molecule has 1 aromatic rings. The fourth-order valence-corrected chi connectivity index (χ4v) is 1.35. The molecule has 1 amide bonds. The first-order chi connectivity index (χ1) is 8.61. The average molecular weight is 249 g/mol. The highest BCUT2D eigenvalue weighted by molar-refractivity contribution is 5.90. The first kappa shape index (κ1) is 14.3. The van der Waals surface area contributed by atoms with Gasteiger partial charge in [-0.1, -0.05) is 18.7 Å².